The number of hydrazone groups is 1. The summed E-state index contributed by atoms with van der Waals surface area (Å²) in [5.74, 6) is 1.22. The van der Waals surface area contributed by atoms with Crippen molar-refractivity contribution < 1.29 is 23.8 Å². The number of urea groups is 1. The van der Waals surface area contributed by atoms with Gasteiger partial charge in [-0.2, -0.15) is 5.10 Å². The Labute approximate surface area is 224 Å². The number of nitrogens with one attached hydrogen (secondary N) is 1. The molecule has 1 N–H and O–H groups in total. The van der Waals surface area contributed by atoms with E-state index in [1.807, 2.05) is 55.5 Å². The Morgan fingerprint density at radius 1 is 1.08 bits per heavy atom. The first-order valence-corrected chi connectivity index (χ1v) is 13.0. The fraction of sp³-hybridized carbons (Fsp3) is 0.464. The van der Waals surface area contributed by atoms with Crippen molar-refractivity contribution in [1.29, 1.82) is 0 Å². The summed E-state index contributed by atoms with van der Waals surface area (Å²) in [6.07, 6.45) is 0.542. The van der Waals surface area contributed by atoms with Gasteiger partial charge in [0.2, 0.25) is 0 Å². The normalized spacial score (nSPS) is 17.6. The molecule has 10 nitrogen and oxygen atoms in total. The van der Waals surface area contributed by atoms with Gasteiger partial charge in [-0.25, -0.2) is 9.80 Å². The van der Waals surface area contributed by atoms with Crippen molar-refractivity contribution in [2.45, 2.75) is 19.4 Å². The molecule has 0 aromatic heterocycles. The van der Waals surface area contributed by atoms with Crippen LogP contribution in [-0.4, -0.2) is 99.2 Å². The van der Waals surface area contributed by atoms with Crippen LogP contribution in [0.4, 0.5) is 4.79 Å². The fourth-order valence-electron chi connectivity index (χ4n) is 4.64. The molecule has 3 amide bonds. The number of ether oxygens (including phenoxy) is 3. The zero-order valence-electron chi connectivity index (χ0n) is 22.4. The molecule has 4 rings (SSSR count). The first-order chi connectivity index (χ1) is 18.5. The lowest BCUT2D eigenvalue weighted by atomic mass is 9.98. The molecule has 1 atom stereocenters. The molecule has 2 aliphatic rings. The Hall–Kier alpha value is -3.63. The van der Waals surface area contributed by atoms with E-state index < -0.39 is 0 Å². The number of benzene rings is 2. The average molecular weight is 524 g/mol. The maximum Gasteiger partial charge on any atom is 0.317 e. The monoisotopic (exact) mass is 523 g/mol. The number of nitrogens with zero attached hydrogens (tertiary/aromatic N) is 4. The van der Waals surface area contributed by atoms with Crippen LogP contribution in [0.25, 0.3) is 0 Å². The number of rotatable bonds is 10. The van der Waals surface area contributed by atoms with E-state index in [9.17, 15) is 9.59 Å². The smallest absolute Gasteiger partial charge is 0.317 e. The number of hydrogen-bond donors (Lipinski definition) is 1. The Morgan fingerprint density at radius 2 is 1.82 bits per heavy atom. The van der Waals surface area contributed by atoms with Gasteiger partial charge in [0.15, 0.2) is 0 Å². The van der Waals surface area contributed by atoms with Crippen LogP contribution >= 0.6 is 0 Å². The van der Waals surface area contributed by atoms with Crippen LogP contribution in [0.5, 0.6) is 11.5 Å². The summed E-state index contributed by atoms with van der Waals surface area (Å²) in [4.78, 5) is 30.4. The van der Waals surface area contributed by atoms with Gasteiger partial charge in [-0.15, -0.1) is 0 Å². The first kappa shape index (κ1) is 27.4. The van der Waals surface area contributed by atoms with Gasteiger partial charge in [-0.05, 0) is 36.8 Å². The lowest BCUT2D eigenvalue weighted by Crippen LogP contribution is -2.49. The zero-order chi connectivity index (χ0) is 26.9. The van der Waals surface area contributed by atoms with Crippen molar-refractivity contribution in [3.63, 3.8) is 0 Å². The van der Waals surface area contributed by atoms with Gasteiger partial charge < -0.3 is 24.4 Å². The molecule has 2 heterocycles. The lowest BCUT2D eigenvalue weighted by molar-refractivity contribution is -0.133. The molecule has 0 saturated carbocycles. The summed E-state index contributed by atoms with van der Waals surface area (Å²) in [7, 11) is 3.25. The molecule has 0 spiro atoms. The van der Waals surface area contributed by atoms with E-state index >= 15 is 0 Å². The second-order valence-corrected chi connectivity index (χ2v) is 9.22. The van der Waals surface area contributed by atoms with Crippen molar-refractivity contribution in [3.05, 3.63) is 59.7 Å². The van der Waals surface area contributed by atoms with Crippen LogP contribution in [0.1, 0.15) is 30.5 Å². The number of morpholine rings is 1. The minimum absolute atomic E-state index is 0.0717. The van der Waals surface area contributed by atoms with E-state index in [4.69, 9.17) is 19.3 Å². The molecule has 0 bridgehead atoms. The maximum atomic E-state index is 13.7. The summed E-state index contributed by atoms with van der Waals surface area (Å²) in [6.45, 7) is 6.38. The molecule has 1 saturated heterocycles. The van der Waals surface area contributed by atoms with Gasteiger partial charge >= 0.3 is 6.03 Å². The number of amides is 3. The van der Waals surface area contributed by atoms with Crippen molar-refractivity contribution >= 4 is 17.6 Å². The van der Waals surface area contributed by atoms with E-state index in [1.165, 1.54) is 5.01 Å². The van der Waals surface area contributed by atoms with Crippen LogP contribution in [0.2, 0.25) is 0 Å². The predicted molar refractivity (Wildman–Crippen MR) is 145 cm³/mol. The van der Waals surface area contributed by atoms with Crippen LogP contribution in [-0.2, 0) is 9.53 Å². The lowest BCUT2D eigenvalue weighted by Gasteiger charge is -2.31. The van der Waals surface area contributed by atoms with E-state index in [1.54, 1.807) is 19.1 Å². The van der Waals surface area contributed by atoms with Crippen molar-refractivity contribution in [1.82, 2.24) is 20.1 Å². The molecule has 0 unspecified atom stereocenters. The second kappa shape index (κ2) is 13.3. The number of methoxy groups -OCH3 is 2. The highest BCUT2D eigenvalue weighted by atomic mass is 16.5. The summed E-state index contributed by atoms with van der Waals surface area (Å²) in [5, 5.41) is 9.14. The van der Waals surface area contributed by atoms with E-state index in [-0.39, 0.29) is 24.5 Å². The number of hydrogen-bond acceptors (Lipinski definition) is 7. The molecule has 2 aliphatic heterocycles. The minimum Gasteiger partial charge on any atom is -0.497 e. The topological polar surface area (TPSA) is 95.9 Å². The Balaban J connectivity index is 1.56. The zero-order valence-corrected chi connectivity index (χ0v) is 22.4. The Morgan fingerprint density at radius 3 is 2.50 bits per heavy atom. The van der Waals surface area contributed by atoms with Gasteiger partial charge in [0.1, 0.15) is 18.0 Å². The van der Waals surface area contributed by atoms with Gasteiger partial charge in [-0.1, -0.05) is 24.3 Å². The van der Waals surface area contributed by atoms with Gasteiger partial charge in [0, 0.05) is 44.7 Å². The van der Waals surface area contributed by atoms with Gasteiger partial charge in [0.05, 0.1) is 39.2 Å². The summed E-state index contributed by atoms with van der Waals surface area (Å²) < 4.78 is 16.1. The molecule has 2 aromatic carbocycles. The molecular weight excluding hydrogens is 486 g/mol. The third-order valence-electron chi connectivity index (χ3n) is 6.80. The predicted octanol–water partition coefficient (Wildman–Crippen LogP) is 2.75. The van der Waals surface area contributed by atoms with Crippen molar-refractivity contribution in [3.8, 4) is 11.5 Å². The van der Waals surface area contributed by atoms with Gasteiger partial charge in [-0.3, -0.25) is 9.69 Å². The standard InChI is InChI=1S/C28H37N5O5/c1-4-29-28(35)32(13-12-31-14-16-38-17-15-31)20-27(34)33-26(21-8-10-23(36-2)11-9-21)19-25(30-33)22-6-5-7-24(18-22)37-3/h5-11,18,26H,4,12-17,19-20H2,1-3H3,(H,29,35)/t26-/m1/s1. The molecular formula is C28H37N5O5. The number of carbonyl (C=O) groups excluding carboxylic acids is 2. The molecule has 1 fully saturated rings. The van der Waals surface area contributed by atoms with Crippen LogP contribution < -0.4 is 14.8 Å². The van der Waals surface area contributed by atoms with E-state index in [0.29, 0.717) is 39.3 Å². The van der Waals surface area contributed by atoms with Crippen LogP contribution in [0, 0.1) is 0 Å². The fourth-order valence-corrected chi connectivity index (χ4v) is 4.64. The van der Waals surface area contributed by atoms with Crippen molar-refractivity contribution in [2.75, 3.05) is 66.7 Å². The van der Waals surface area contributed by atoms with E-state index in [0.717, 1.165) is 41.4 Å². The molecule has 38 heavy (non-hydrogen) atoms. The largest absolute Gasteiger partial charge is 0.497 e. The summed E-state index contributed by atoms with van der Waals surface area (Å²) in [5.41, 5.74) is 2.63. The minimum atomic E-state index is -0.301. The summed E-state index contributed by atoms with van der Waals surface area (Å²) >= 11 is 0. The molecule has 0 aliphatic carbocycles. The molecule has 204 valence electrons. The maximum absolute atomic E-state index is 13.7. The Bertz CT molecular complexity index is 1120. The van der Waals surface area contributed by atoms with Gasteiger partial charge in [0.25, 0.3) is 5.91 Å². The van der Waals surface area contributed by atoms with Crippen molar-refractivity contribution in [2.24, 2.45) is 5.10 Å². The quantitative estimate of drug-likeness (QED) is 0.515. The Kier molecular flexibility index (Phi) is 9.56. The van der Waals surface area contributed by atoms with Crippen LogP contribution in [0.15, 0.2) is 53.6 Å². The SMILES string of the molecule is CCNC(=O)N(CCN1CCOCC1)CC(=O)N1N=C(c2cccc(OC)c2)C[C@@H]1c1ccc(OC)cc1. The second-order valence-electron chi connectivity index (χ2n) is 9.22. The first-order valence-electron chi connectivity index (χ1n) is 13.0. The molecule has 10 heteroatoms. The number of carbonyl (C=O) groups is 2. The molecule has 0 radical (unpaired) electrons. The summed E-state index contributed by atoms with van der Waals surface area (Å²) in [6, 6.07) is 14.8. The third-order valence-corrected chi connectivity index (χ3v) is 6.80. The third kappa shape index (κ3) is 6.81. The highest BCUT2D eigenvalue weighted by Gasteiger charge is 2.34. The average Bonchev–Trinajstić information content (AvgIpc) is 3.42. The highest BCUT2D eigenvalue weighted by molar-refractivity contribution is 6.03. The molecule has 2 aromatic rings. The highest BCUT2D eigenvalue weighted by Crippen LogP contribution is 2.34. The van der Waals surface area contributed by atoms with Crippen LogP contribution in [0.3, 0.4) is 0 Å². The van der Waals surface area contributed by atoms with E-state index in [2.05, 4.69) is 10.2 Å².